The van der Waals surface area contributed by atoms with Gasteiger partial charge in [0.1, 0.15) is 6.54 Å². The van der Waals surface area contributed by atoms with Gasteiger partial charge in [0.2, 0.25) is 5.91 Å². The lowest BCUT2D eigenvalue weighted by Crippen LogP contribution is -2.34. The maximum Gasteiger partial charge on any atom is 0.267 e. The highest BCUT2D eigenvalue weighted by atomic mass is 127. The standard InChI is InChI=1S/C11H16IN3O3/c1-8-10(12)11(17)15(7-14-8)6-9(16)13-4-3-5-18-2/h7H,3-6H2,1-2H3,(H,13,16). The highest BCUT2D eigenvalue weighted by Crippen LogP contribution is 2.00. The van der Waals surface area contributed by atoms with Gasteiger partial charge in [0.05, 0.1) is 15.6 Å². The van der Waals surface area contributed by atoms with E-state index in [1.54, 1.807) is 14.0 Å². The van der Waals surface area contributed by atoms with E-state index in [2.05, 4.69) is 10.3 Å². The first-order valence-corrected chi connectivity index (χ1v) is 6.61. The molecule has 0 spiro atoms. The zero-order valence-electron chi connectivity index (χ0n) is 10.4. The molecule has 1 aromatic rings. The van der Waals surface area contributed by atoms with Gasteiger partial charge in [-0.25, -0.2) is 4.98 Å². The second kappa shape index (κ2) is 7.47. The lowest BCUT2D eigenvalue weighted by Gasteiger charge is -2.07. The summed E-state index contributed by atoms with van der Waals surface area (Å²) in [6, 6.07) is 0. The minimum absolute atomic E-state index is 0.00486. The molecule has 0 atom stereocenters. The summed E-state index contributed by atoms with van der Waals surface area (Å²) >= 11 is 1.94. The van der Waals surface area contributed by atoms with Gasteiger partial charge in [0, 0.05) is 20.3 Å². The fraction of sp³-hybridized carbons (Fsp3) is 0.545. The Morgan fingerprint density at radius 2 is 2.33 bits per heavy atom. The van der Waals surface area contributed by atoms with Crippen LogP contribution in [0.2, 0.25) is 0 Å². The van der Waals surface area contributed by atoms with E-state index in [1.807, 2.05) is 22.6 Å². The third kappa shape index (κ3) is 4.37. The largest absolute Gasteiger partial charge is 0.385 e. The number of hydrogen-bond donors (Lipinski definition) is 1. The van der Waals surface area contributed by atoms with Crippen molar-refractivity contribution >= 4 is 28.5 Å². The minimum Gasteiger partial charge on any atom is -0.385 e. The zero-order chi connectivity index (χ0) is 13.5. The van der Waals surface area contributed by atoms with Crippen LogP contribution >= 0.6 is 22.6 Å². The van der Waals surface area contributed by atoms with Gasteiger partial charge in [-0.1, -0.05) is 0 Å². The Bertz CT molecular complexity index is 473. The van der Waals surface area contributed by atoms with Gasteiger partial charge in [-0.15, -0.1) is 0 Å². The number of halogens is 1. The van der Waals surface area contributed by atoms with E-state index in [4.69, 9.17) is 4.74 Å². The van der Waals surface area contributed by atoms with Crippen molar-refractivity contribution in [2.24, 2.45) is 0 Å². The number of nitrogens with zero attached hydrogens (tertiary/aromatic N) is 2. The van der Waals surface area contributed by atoms with Gasteiger partial charge in [-0.2, -0.15) is 0 Å². The Morgan fingerprint density at radius 1 is 1.61 bits per heavy atom. The summed E-state index contributed by atoms with van der Waals surface area (Å²) < 4.78 is 6.72. The number of aromatic nitrogens is 2. The summed E-state index contributed by atoms with van der Waals surface area (Å²) in [6.07, 6.45) is 2.15. The number of amides is 1. The second-order valence-corrected chi connectivity index (χ2v) is 4.85. The maximum absolute atomic E-state index is 11.8. The molecule has 6 nitrogen and oxygen atoms in total. The Kier molecular flexibility index (Phi) is 6.27. The van der Waals surface area contributed by atoms with Crippen molar-refractivity contribution in [3.05, 3.63) is 25.9 Å². The average Bonchev–Trinajstić information content (AvgIpc) is 2.35. The van der Waals surface area contributed by atoms with Crippen molar-refractivity contribution in [1.29, 1.82) is 0 Å². The number of carbonyl (C=O) groups is 1. The van der Waals surface area contributed by atoms with Crippen LogP contribution in [0.15, 0.2) is 11.1 Å². The zero-order valence-corrected chi connectivity index (χ0v) is 12.6. The third-order valence-corrected chi connectivity index (χ3v) is 3.56. The average molecular weight is 365 g/mol. The molecule has 18 heavy (non-hydrogen) atoms. The van der Waals surface area contributed by atoms with Gasteiger partial charge < -0.3 is 10.1 Å². The number of nitrogens with one attached hydrogen (secondary N) is 1. The van der Waals surface area contributed by atoms with Gasteiger partial charge >= 0.3 is 0 Å². The molecule has 0 aliphatic carbocycles. The van der Waals surface area contributed by atoms with Crippen LogP contribution in [0.3, 0.4) is 0 Å². The van der Waals surface area contributed by atoms with E-state index in [0.717, 1.165) is 6.42 Å². The molecule has 1 N–H and O–H groups in total. The Balaban J connectivity index is 2.55. The summed E-state index contributed by atoms with van der Waals surface area (Å²) in [5.41, 5.74) is 0.493. The van der Waals surface area contributed by atoms with Crippen LogP contribution < -0.4 is 10.9 Å². The predicted octanol–water partition coefficient (Wildman–Crippen LogP) is 0.309. The maximum atomic E-state index is 11.8. The first-order valence-electron chi connectivity index (χ1n) is 5.53. The molecule has 7 heteroatoms. The van der Waals surface area contributed by atoms with E-state index in [-0.39, 0.29) is 18.0 Å². The lowest BCUT2D eigenvalue weighted by molar-refractivity contribution is -0.121. The number of rotatable bonds is 6. The van der Waals surface area contributed by atoms with Crippen molar-refractivity contribution in [3.8, 4) is 0 Å². The van der Waals surface area contributed by atoms with E-state index >= 15 is 0 Å². The molecule has 0 aliphatic rings. The van der Waals surface area contributed by atoms with Gasteiger partial charge in [-0.05, 0) is 35.9 Å². The van der Waals surface area contributed by atoms with Crippen molar-refractivity contribution < 1.29 is 9.53 Å². The molecular weight excluding hydrogens is 349 g/mol. The van der Waals surface area contributed by atoms with E-state index in [9.17, 15) is 9.59 Å². The molecular formula is C11H16IN3O3. The Hall–Kier alpha value is -0.960. The van der Waals surface area contributed by atoms with Crippen LogP contribution in [0.25, 0.3) is 0 Å². The van der Waals surface area contributed by atoms with Crippen LogP contribution in [-0.4, -0.2) is 35.7 Å². The van der Waals surface area contributed by atoms with Gasteiger partial charge in [0.25, 0.3) is 5.56 Å². The molecule has 0 saturated heterocycles. The topological polar surface area (TPSA) is 73.2 Å². The smallest absolute Gasteiger partial charge is 0.267 e. The molecule has 0 aromatic carbocycles. The number of aryl methyl sites for hydroxylation is 1. The molecule has 0 radical (unpaired) electrons. The van der Waals surface area contributed by atoms with E-state index in [1.165, 1.54) is 10.9 Å². The summed E-state index contributed by atoms with van der Waals surface area (Å²) in [5.74, 6) is -0.199. The van der Waals surface area contributed by atoms with Crippen molar-refractivity contribution in [1.82, 2.24) is 14.9 Å². The minimum atomic E-state index is -0.199. The van der Waals surface area contributed by atoms with Crippen LogP contribution in [-0.2, 0) is 16.1 Å². The molecule has 0 saturated carbocycles. The first kappa shape index (κ1) is 15.1. The third-order valence-electron chi connectivity index (χ3n) is 2.32. The summed E-state index contributed by atoms with van der Waals surface area (Å²) in [6.45, 7) is 2.90. The molecule has 0 aliphatic heterocycles. The molecule has 1 amide bonds. The van der Waals surface area contributed by atoms with E-state index in [0.29, 0.717) is 22.4 Å². The van der Waals surface area contributed by atoms with Crippen LogP contribution in [0.1, 0.15) is 12.1 Å². The summed E-state index contributed by atoms with van der Waals surface area (Å²) in [4.78, 5) is 27.5. The normalized spacial score (nSPS) is 10.4. The van der Waals surface area contributed by atoms with Crippen LogP contribution in [0.5, 0.6) is 0 Å². The van der Waals surface area contributed by atoms with Gasteiger partial charge in [0.15, 0.2) is 0 Å². The predicted molar refractivity (Wildman–Crippen MR) is 75.5 cm³/mol. The molecule has 0 bridgehead atoms. The number of ether oxygens (including phenoxy) is 1. The van der Waals surface area contributed by atoms with E-state index < -0.39 is 0 Å². The Morgan fingerprint density at radius 3 is 3.00 bits per heavy atom. The van der Waals surface area contributed by atoms with Gasteiger partial charge in [-0.3, -0.25) is 14.2 Å². The van der Waals surface area contributed by atoms with Crippen molar-refractivity contribution in [3.63, 3.8) is 0 Å². The number of hydrogen-bond acceptors (Lipinski definition) is 4. The van der Waals surface area contributed by atoms with Crippen LogP contribution in [0.4, 0.5) is 0 Å². The SMILES string of the molecule is COCCCNC(=O)Cn1cnc(C)c(I)c1=O. The fourth-order valence-electron chi connectivity index (χ4n) is 1.31. The molecule has 1 rings (SSSR count). The van der Waals surface area contributed by atoms with Crippen molar-refractivity contribution in [2.45, 2.75) is 19.9 Å². The molecule has 0 fully saturated rings. The molecule has 1 aromatic heterocycles. The first-order chi connectivity index (χ1) is 8.56. The highest BCUT2D eigenvalue weighted by molar-refractivity contribution is 14.1. The van der Waals surface area contributed by atoms with Crippen LogP contribution in [0, 0.1) is 10.5 Å². The molecule has 1 heterocycles. The molecule has 100 valence electrons. The summed E-state index contributed by atoms with van der Waals surface area (Å²) in [7, 11) is 1.61. The number of carbonyl (C=O) groups excluding carboxylic acids is 1. The fourth-order valence-corrected chi connectivity index (χ4v) is 1.76. The Labute approximate surface area is 119 Å². The monoisotopic (exact) mass is 365 g/mol. The summed E-state index contributed by atoms with van der Waals surface area (Å²) in [5, 5.41) is 2.72. The highest BCUT2D eigenvalue weighted by Gasteiger charge is 2.08. The second-order valence-electron chi connectivity index (χ2n) is 3.77. The molecule has 0 unspecified atom stereocenters. The van der Waals surface area contributed by atoms with Crippen molar-refractivity contribution in [2.75, 3.05) is 20.3 Å². The lowest BCUT2D eigenvalue weighted by atomic mass is 10.4. The quantitative estimate of drug-likeness (QED) is 0.582. The number of methoxy groups -OCH3 is 1.